The molecule has 0 spiro atoms. The number of nitrogens with zero attached hydrogens (tertiary/aromatic N) is 1. The van der Waals surface area contributed by atoms with Crippen molar-refractivity contribution in [3.05, 3.63) is 11.6 Å². The molecule has 0 saturated carbocycles. The van der Waals surface area contributed by atoms with Crippen molar-refractivity contribution in [1.29, 1.82) is 0 Å². The highest BCUT2D eigenvalue weighted by Crippen LogP contribution is 2.33. The minimum atomic E-state index is 0.716. The summed E-state index contributed by atoms with van der Waals surface area (Å²) < 4.78 is 0. The third-order valence-corrected chi connectivity index (χ3v) is 3.88. The van der Waals surface area contributed by atoms with Gasteiger partial charge in [-0.3, -0.25) is 4.90 Å². The van der Waals surface area contributed by atoms with Gasteiger partial charge in [-0.05, 0) is 37.6 Å². The number of hydrogen-bond acceptors (Lipinski definition) is 1. The predicted molar refractivity (Wildman–Crippen MR) is 65.9 cm³/mol. The van der Waals surface area contributed by atoms with E-state index in [2.05, 4.69) is 31.7 Å². The molecule has 2 rings (SSSR count). The lowest BCUT2D eigenvalue weighted by Crippen LogP contribution is -2.47. The highest BCUT2D eigenvalue weighted by atomic mass is 15.2. The molecule has 0 aromatic carbocycles. The molecule has 0 aliphatic carbocycles. The molecule has 0 aromatic heterocycles. The molecule has 0 amide bonds. The van der Waals surface area contributed by atoms with Gasteiger partial charge in [0, 0.05) is 12.6 Å². The Morgan fingerprint density at radius 3 is 2.87 bits per heavy atom. The second kappa shape index (κ2) is 4.69. The van der Waals surface area contributed by atoms with E-state index in [4.69, 9.17) is 0 Å². The molecular formula is C14H25N. The first-order valence-corrected chi connectivity index (χ1v) is 6.60. The zero-order chi connectivity index (χ0) is 10.8. The molecule has 2 atom stereocenters. The smallest absolute Gasteiger partial charge is 0.0196 e. The number of hydrogen-bond donors (Lipinski definition) is 0. The molecule has 86 valence electrons. The van der Waals surface area contributed by atoms with Crippen LogP contribution in [0.2, 0.25) is 0 Å². The summed E-state index contributed by atoms with van der Waals surface area (Å²) in [7, 11) is 0. The van der Waals surface area contributed by atoms with Gasteiger partial charge in [0.05, 0.1) is 0 Å². The summed E-state index contributed by atoms with van der Waals surface area (Å²) >= 11 is 0. The molecule has 0 aromatic rings. The molecule has 0 N–H and O–H groups in total. The van der Waals surface area contributed by atoms with Crippen molar-refractivity contribution < 1.29 is 0 Å². The van der Waals surface area contributed by atoms with Crippen molar-refractivity contribution in [3.8, 4) is 0 Å². The Labute approximate surface area is 94.5 Å². The van der Waals surface area contributed by atoms with Crippen LogP contribution in [0.25, 0.3) is 0 Å². The van der Waals surface area contributed by atoms with E-state index in [0.29, 0.717) is 5.92 Å². The molecular weight excluding hydrogens is 182 g/mol. The number of rotatable bonds is 1. The summed E-state index contributed by atoms with van der Waals surface area (Å²) in [6.07, 6.45) is 8.14. The molecule has 2 aliphatic rings. The van der Waals surface area contributed by atoms with E-state index in [-0.39, 0.29) is 0 Å². The minimum absolute atomic E-state index is 0.716. The highest BCUT2D eigenvalue weighted by Gasteiger charge is 2.32. The molecule has 2 fully saturated rings. The normalized spacial score (nSPS) is 35.9. The van der Waals surface area contributed by atoms with Crippen LogP contribution in [0, 0.1) is 11.8 Å². The van der Waals surface area contributed by atoms with E-state index in [9.17, 15) is 0 Å². The van der Waals surface area contributed by atoms with Crippen molar-refractivity contribution >= 4 is 0 Å². The Kier molecular flexibility index (Phi) is 3.50. The second-order valence-electron chi connectivity index (χ2n) is 5.78. The van der Waals surface area contributed by atoms with E-state index in [1.165, 1.54) is 38.8 Å². The van der Waals surface area contributed by atoms with Crippen molar-refractivity contribution in [3.63, 3.8) is 0 Å². The van der Waals surface area contributed by atoms with E-state index in [0.717, 1.165) is 12.0 Å². The molecule has 1 heteroatoms. The molecule has 2 saturated heterocycles. The summed E-state index contributed by atoms with van der Waals surface area (Å²) in [4.78, 5) is 2.73. The molecule has 1 nitrogen and oxygen atoms in total. The van der Waals surface area contributed by atoms with E-state index in [1.807, 2.05) is 0 Å². The average Bonchev–Trinajstić information content (AvgIpc) is 2.16. The van der Waals surface area contributed by atoms with E-state index in [1.54, 1.807) is 5.57 Å². The maximum Gasteiger partial charge on any atom is 0.0196 e. The largest absolute Gasteiger partial charge is 0.296 e. The lowest BCUT2D eigenvalue weighted by Gasteiger charge is -2.44. The minimum Gasteiger partial charge on any atom is -0.296 e. The topological polar surface area (TPSA) is 3.24 Å². The van der Waals surface area contributed by atoms with Gasteiger partial charge < -0.3 is 0 Å². The third-order valence-electron chi connectivity index (χ3n) is 3.88. The first-order chi connectivity index (χ1) is 7.16. The van der Waals surface area contributed by atoms with Gasteiger partial charge in [0.15, 0.2) is 0 Å². The van der Waals surface area contributed by atoms with Gasteiger partial charge >= 0.3 is 0 Å². The average molecular weight is 207 g/mol. The van der Waals surface area contributed by atoms with Crippen molar-refractivity contribution in [2.24, 2.45) is 11.8 Å². The van der Waals surface area contributed by atoms with Crippen LogP contribution < -0.4 is 0 Å². The number of piperidine rings is 2. The van der Waals surface area contributed by atoms with Gasteiger partial charge in [-0.2, -0.15) is 0 Å². The zero-order valence-corrected chi connectivity index (χ0v) is 10.5. The van der Waals surface area contributed by atoms with Gasteiger partial charge in [0.1, 0.15) is 0 Å². The predicted octanol–water partition coefficient (Wildman–Crippen LogP) is 3.46. The van der Waals surface area contributed by atoms with Crippen LogP contribution in [0.1, 0.15) is 46.5 Å². The van der Waals surface area contributed by atoms with Gasteiger partial charge in [-0.25, -0.2) is 0 Å². The number of allylic oxidation sites excluding steroid dienone is 1. The second-order valence-corrected chi connectivity index (χ2v) is 5.78. The van der Waals surface area contributed by atoms with Crippen LogP contribution in [-0.2, 0) is 0 Å². The summed E-state index contributed by atoms with van der Waals surface area (Å²) in [6.45, 7) is 9.62. The van der Waals surface area contributed by atoms with Crippen LogP contribution in [-0.4, -0.2) is 24.0 Å². The monoisotopic (exact) mass is 207 g/mol. The van der Waals surface area contributed by atoms with Crippen LogP contribution in [0.3, 0.4) is 0 Å². The Bertz CT molecular complexity index is 242. The molecule has 0 bridgehead atoms. The van der Waals surface area contributed by atoms with Crippen molar-refractivity contribution in [2.45, 2.75) is 52.5 Å². The van der Waals surface area contributed by atoms with Crippen molar-refractivity contribution in [1.82, 2.24) is 4.90 Å². The maximum atomic E-state index is 2.73. The Morgan fingerprint density at radius 2 is 2.13 bits per heavy atom. The lowest BCUT2D eigenvalue weighted by atomic mass is 9.82. The summed E-state index contributed by atoms with van der Waals surface area (Å²) in [5, 5.41) is 0. The zero-order valence-electron chi connectivity index (χ0n) is 10.5. The van der Waals surface area contributed by atoms with Crippen molar-refractivity contribution in [2.75, 3.05) is 13.1 Å². The van der Waals surface area contributed by atoms with Gasteiger partial charge in [-0.15, -0.1) is 0 Å². The first kappa shape index (κ1) is 11.2. The van der Waals surface area contributed by atoms with Crippen LogP contribution in [0.4, 0.5) is 0 Å². The molecule has 2 unspecified atom stereocenters. The Balaban J connectivity index is 2.04. The fourth-order valence-electron chi connectivity index (χ4n) is 3.32. The Hall–Kier alpha value is -0.300. The Morgan fingerprint density at radius 1 is 1.33 bits per heavy atom. The SMILES string of the molecule is CC(C)/C=C1/CC(C)C2CCCCN2C1. The lowest BCUT2D eigenvalue weighted by molar-refractivity contribution is 0.0920. The van der Waals surface area contributed by atoms with Gasteiger partial charge in [-0.1, -0.05) is 38.8 Å². The summed E-state index contributed by atoms with van der Waals surface area (Å²) in [5.74, 6) is 1.59. The van der Waals surface area contributed by atoms with E-state index < -0.39 is 0 Å². The molecule has 2 aliphatic heterocycles. The van der Waals surface area contributed by atoms with Crippen LogP contribution in [0.5, 0.6) is 0 Å². The van der Waals surface area contributed by atoms with Crippen LogP contribution in [0.15, 0.2) is 11.6 Å². The van der Waals surface area contributed by atoms with Crippen LogP contribution >= 0.6 is 0 Å². The first-order valence-electron chi connectivity index (χ1n) is 6.60. The standard InChI is InChI=1S/C14H25N/c1-11(2)8-13-9-12(3)14-6-4-5-7-15(14)10-13/h8,11-12,14H,4-7,9-10H2,1-3H3/b13-8-. The van der Waals surface area contributed by atoms with E-state index >= 15 is 0 Å². The summed E-state index contributed by atoms with van der Waals surface area (Å²) in [6, 6.07) is 0.892. The quantitative estimate of drug-likeness (QED) is 0.595. The molecule has 0 radical (unpaired) electrons. The molecule has 15 heavy (non-hydrogen) atoms. The molecule has 2 heterocycles. The highest BCUT2D eigenvalue weighted by molar-refractivity contribution is 5.12. The van der Waals surface area contributed by atoms with Gasteiger partial charge in [0.25, 0.3) is 0 Å². The maximum absolute atomic E-state index is 2.73. The summed E-state index contributed by atoms with van der Waals surface area (Å²) in [5.41, 5.74) is 1.69. The fraction of sp³-hybridized carbons (Fsp3) is 0.857. The third kappa shape index (κ3) is 2.63. The van der Waals surface area contributed by atoms with Gasteiger partial charge in [0.2, 0.25) is 0 Å². The number of fused-ring (bicyclic) bond motifs is 1. The fourth-order valence-corrected chi connectivity index (χ4v) is 3.32.